The molecule has 3 nitrogen and oxygen atoms in total. The fourth-order valence-corrected chi connectivity index (χ4v) is 1.27. The maximum absolute atomic E-state index is 11.3. The number of hydrogen-bond acceptors (Lipinski definition) is 2. The number of rotatable bonds is 1. The van der Waals surface area contributed by atoms with Crippen molar-refractivity contribution in [3.8, 4) is 0 Å². The lowest BCUT2D eigenvalue weighted by Gasteiger charge is -2.13. The summed E-state index contributed by atoms with van der Waals surface area (Å²) in [4.78, 5) is 11.3. The van der Waals surface area contributed by atoms with Crippen LogP contribution in [0.2, 0.25) is 0 Å². The fraction of sp³-hybridized carbons (Fsp3) is 0.100. The molecule has 2 rings (SSSR count). The maximum Gasteiger partial charge on any atom is 0.252 e. The van der Waals surface area contributed by atoms with Crippen LogP contribution < -0.4 is 5.01 Å². The van der Waals surface area contributed by atoms with E-state index in [9.17, 15) is 4.79 Å². The summed E-state index contributed by atoms with van der Waals surface area (Å²) in [5, 5.41) is 5.36. The molecular weight excluding hydrogens is 164 g/mol. The number of hydrogen-bond donors (Lipinski definition) is 0. The molecule has 0 unspecified atom stereocenters. The summed E-state index contributed by atoms with van der Waals surface area (Å²) in [5.41, 5.74) is 1.58. The average Bonchev–Trinajstić information content (AvgIpc) is 2.52. The highest BCUT2D eigenvalue weighted by atomic mass is 16.2. The van der Waals surface area contributed by atoms with Gasteiger partial charge in [0.15, 0.2) is 0 Å². The Bertz CT molecular complexity index is 371. The summed E-state index contributed by atoms with van der Waals surface area (Å²) in [7, 11) is 0. The smallest absolute Gasteiger partial charge is 0.252 e. The van der Waals surface area contributed by atoms with Crippen LogP contribution in [0.15, 0.2) is 29.4 Å². The molecule has 0 aliphatic carbocycles. The quantitative estimate of drug-likeness (QED) is 0.634. The number of para-hydroxylation sites is 1. The average molecular weight is 173 g/mol. The highest BCUT2D eigenvalue weighted by Crippen LogP contribution is 2.22. The molecule has 1 aliphatic heterocycles. The van der Waals surface area contributed by atoms with Gasteiger partial charge >= 0.3 is 0 Å². The monoisotopic (exact) mass is 173 g/mol. The molecule has 1 radical (unpaired) electrons. The number of nitrogens with zero attached hydrogens (tertiary/aromatic N) is 2. The first-order valence-electron chi connectivity index (χ1n) is 4.05. The molecule has 3 heteroatoms. The van der Waals surface area contributed by atoms with Gasteiger partial charge in [-0.05, 0) is 18.6 Å². The van der Waals surface area contributed by atoms with Crippen molar-refractivity contribution in [2.24, 2.45) is 5.10 Å². The molecule has 0 saturated carbocycles. The molecule has 0 fully saturated rings. The predicted octanol–water partition coefficient (Wildman–Crippen LogP) is 1.59. The Morgan fingerprint density at radius 1 is 1.38 bits per heavy atom. The highest BCUT2D eigenvalue weighted by Gasteiger charge is 2.19. The van der Waals surface area contributed by atoms with Gasteiger partial charge in [-0.25, -0.2) is 5.01 Å². The minimum absolute atomic E-state index is 0.00361. The first-order chi connectivity index (χ1) is 6.29. The van der Waals surface area contributed by atoms with Gasteiger partial charge in [-0.2, -0.15) is 5.10 Å². The van der Waals surface area contributed by atoms with Crippen LogP contribution in [0.3, 0.4) is 0 Å². The van der Waals surface area contributed by atoms with Crippen molar-refractivity contribution in [1.29, 1.82) is 0 Å². The molecule has 65 valence electrons. The molecule has 0 spiro atoms. The summed E-state index contributed by atoms with van der Waals surface area (Å²) in [6.07, 6.45) is 1.99. The van der Waals surface area contributed by atoms with Crippen LogP contribution in [0.1, 0.15) is 12.0 Å². The molecule has 0 atom stereocenters. The Morgan fingerprint density at radius 2 is 2.15 bits per heavy atom. The zero-order valence-electron chi connectivity index (χ0n) is 7.10. The first kappa shape index (κ1) is 7.98. The summed E-state index contributed by atoms with van der Waals surface area (Å²) in [6.45, 7) is 3.83. The lowest BCUT2D eigenvalue weighted by Crippen LogP contribution is -2.20. The predicted molar refractivity (Wildman–Crippen MR) is 51.5 cm³/mol. The van der Waals surface area contributed by atoms with E-state index in [1.165, 1.54) is 5.01 Å². The zero-order valence-corrected chi connectivity index (χ0v) is 7.10. The molecule has 13 heavy (non-hydrogen) atoms. The van der Waals surface area contributed by atoms with Crippen LogP contribution >= 0.6 is 0 Å². The number of benzene rings is 1. The topological polar surface area (TPSA) is 32.7 Å². The second kappa shape index (κ2) is 3.01. The Labute approximate surface area is 76.7 Å². The second-order valence-corrected chi connectivity index (χ2v) is 2.84. The van der Waals surface area contributed by atoms with E-state index >= 15 is 0 Å². The minimum atomic E-state index is -0.00361. The van der Waals surface area contributed by atoms with Crippen molar-refractivity contribution in [2.75, 3.05) is 5.01 Å². The molecule has 1 aromatic rings. The van der Waals surface area contributed by atoms with E-state index in [-0.39, 0.29) is 5.91 Å². The van der Waals surface area contributed by atoms with Crippen LogP contribution in [0.25, 0.3) is 0 Å². The number of carbonyl (C=O) groups is 1. The molecule has 0 bridgehead atoms. The molecular formula is C10H9N2O. The number of carbonyl (C=O) groups excluding carboxylic acids is 1. The van der Waals surface area contributed by atoms with Gasteiger partial charge in [0.1, 0.15) is 0 Å². The molecule has 0 aromatic heterocycles. The van der Waals surface area contributed by atoms with E-state index in [2.05, 4.69) is 12.0 Å². The molecule has 1 heterocycles. The van der Waals surface area contributed by atoms with Gasteiger partial charge in [0.05, 0.1) is 12.1 Å². The molecule has 0 saturated heterocycles. The van der Waals surface area contributed by atoms with Crippen molar-refractivity contribution in [3.63, 3.8) is 0 Å². The second-order valence-electron chi connectivity index (χ2n) is 2.84. The van der Waals surface area contributed by atoms with Gasteiger partial charge in [-0.15, -0.1) is 0 Å². The van der Waals surface area contributed by atoms with Gasteiger partial charge < -0.3 is 0 Å². The van der Waals surface area contributed by atoms with E-state index in [1.54, 1.807) is 6.21 Å². The Hall–Kier alpha value is -1.64. The highest BCUT2D eigenvalue weighted by molar-refractivity contribution is 6.05. The van der Waals surface area contributed by atoms with E-state index in [0.29, 0.717) is 6.42 Å². The molecule has 1 amide bonds. The van der Waals surface area contributed by atoms with Gasteiger partial charge in [0, 0.05) is 6.21 Å². The molecule has 0 N–H and O–H groups in total. The number of hydrazone groups is 1. The van der Waals surface area contributed by atoms with Gasteiger partial charge in [0.25, 0.3) is 5.91 Å². The maximum atomic E-state index is 11.3. The lowest BCUT2D eigenvalue weighted by atomic mass is 10.2. The Kier molecular flexibility index (Phi) is 1.85. The van der Waals surface area contributed by atoms with E-state index in [1.807, 2.05) is 24.3 Å². The third-order valence-electron chi connectivity index (χ3n) is 1.92. The SMILES string of the molecule is [CH2]c1ccccc1N1N=CCC1=O. The Morgan fingerprint density at radius 3 is 2.77 bits per heavy atom. The van der Waals surface area contributed by atoms with Crippen molar-refractivity contribution in [2.45, 2.75) is 6.42 Å². The summed E-state index contributed by atoms with van der Waals surface area (Å²) in [5.74, 6) is -0.00361. The largest absolute Gasteiger partial charge is 0.272 e. The third kappa shape index (κ3) is 1.33. The zero-order chi connectivity index (χ0) is 9.26. The van der Waals surface area contributed by atoms with E-state index in [4.69, 9.17) is 0 Å². The van der Waals surface area contributed by atoms with Crippen molar-refractivity contribution < 1.29 is 4.79 Å². The summed E-state index contributed by atoms with van der Waals surface area (Å²) >= 11 is 0. The van der Waals surface area contributed by atoms with Gasteiger partial charge in [0.2, 0.25) is 0 Å². The molecule has 1 aliphatic rings. The van der Waals surface area contributed by atoms with E-state index < -0.39 is 0 Å². The van der Waals surface area contributed by atoms with Crippen molar-refractivity contribution in [3.05, 3.63) is 36.8 Å². The normalized spacial score (nSPS) is 15.5. The summed E-state index contributed by atoms with van der Waals surface area (Å²) in [6, 6.07) is 7.45. The first-order valence-corrected chi connectivity index (χ1v) is 4.05. The minimum Gasteiger partial charge on any atom is -0.272 e. The number of anilines is 1. The van der Waals surface area contributed by atoms with Gasteiger partial charge in [-0.3, -0.25) is 4.79 Å². The molecule has 1 aromatic carbocycles. The third-order valence-corrected chi connectivity index (χ3v) is 1.92. The van der Waals surface area contributed by atoms with Crippen LogP contribution in [0.4, 0.5) is 5.69 Å². The number of amides is 1. The lowest BCUT2D eigenvalue weighted by molar-refractivity contribution is -0.116. The van der Waals surface area contributed by atoms with Crippen molar-refractivity contribution >= 4 is 17.8 Å². The van der Waals surface area contributed by atoms with Crippen LogP contribution in [-0.4, -0.2) is 12.1 Å². The van der Waals surface area contributed by atoms with E-state index in [0.717, 1.165) is 11.3 Å². The van der Waals surface area contributed by atoms with Crippen LogP contribution in [0, 0.1) is 6.92 Å². The summed E-state index contributed by atoms with van der Waals surface area (Å²) < 4.78 is 0. The van der Waals surface area contributed by atoms with Crippen LogP contribution in [0.5, 0.6) is 0 Å². The standard InChI is InChI=1S/C10H9N2O/c1-8-4-2-3-5-9(8)12-10(13)6-7-11-12/h2-5,7H,1,6H2. The fourth-order valence-electron chi connectivity index (χ4n) is 1.27. The van der Waals surface area contributed by atoms with Crippen LogP contribution in [-0.2, 0) is 4.79 Å². The van der Waals surface area contributed by atoms with Crippen molar-refractivity contribution in [1.82, 2.24) is 0 Å². The Balaban J connectivity index is 2.40. The van der Waals surface area contributed by atoms with Gasteiger partial charge in [-0.1, -0.05) is 18.2 Å².